The Morgan fingerprint density at radius 2 is 1.04 bits per heavy atom. The Morgan fingerprint density at radius 3 is 1.29 bits per heavy atom. The molecule has 1 N–H and O–H groups in total. The van der Waals surface area contributed by atoms with E-state index in [1.807, 2.05) is 0 Å². The second kappa shape index (κ2) is 10.3. The molecular weight excluding hydrogens is 424 g/mol. The summed E-state index contributed by atoms with van der Waals surface area (Å²) in [5, 5.41) is 8.78. The van der Waals surface area contributed by atoms with Crippen molar-refractivity contribution in [1.82, 2.24) is 8.61 Å². The molecule has 2 aromatic carbocycles. The molecule has 0 radical (unpaired) electrons. The van der Waals surface area contributed by atoms with Gasteiger partial charge in [-0.2, -0.15) is 0 Å². The smallest absolute Gasteiger partial charge is 0.242 e. The number of hydrogen-bond acceptors (Lipinski definition) is 5. The zero-order chi connectivity index (χ0) is 21.5. The Bertz CT molecular complexity index is 875. The quantitative estimate of drug-likeness (QED) is 0.683. The van der Waals surface area contributed by atoms with Crippen LogP contribution in [-0.4, -0.2) is 58.7 Å². The first-order chi connectivity index (χ1) is 13.0. The maximum absolute atomic E-state index is 11.6. The van der Waals surface area contributed by atoms with E-state index in [0.29, 0.717) is 11.4 Å². The lowest BCUT2D eigenvalue weighted by molar-refractivity contribution is 0.281. The summed E-state index contributed by atoms with van der Waals surface area (Å²) in [4.78, 5) is 0.524. The largest absolute Gasteiger partial charge is 0.392 e. The van der Waals surface area contributed by atoms with Crippen molar-refractivity contribution < 1.29 is 21.9 Å². The highest BCUT2D eigenvalue weighted by molar-refractivity contribution is 7.89. The first-order valence-electron chi connectivity index (χ1n) is 8.16. The number of nitrogens with zero attached hydrogens (tertiary/aromatic N) is 2. The van der Waals surface area contributed by atoms with Crippen molar-refractivity contribution in [2.75, 3.05) is 28.2 Å². The predicted molar refractivity (Wildman–Crippen MR) is 110 cm³/mol. The Hall–Kier alpha value is -1.49. The number of aliphatic hydroxyl groups is 1. The van der Waals surface area contributed by atoms with Crippen molar-refractivity contribution in [1.29, 1.82) is 0 Å². The molecule has 0 aromatic heterocycles. The van der Waals surface area contributed by atoms with Gasteiger partial charge in [-0.05, 0) is 35.4 Å². The third-order valence-electron chi connectivity index (χ3n) is 3.74. The van der Waals surface area contributed by atoms with Gasteiger partial charge in [-0.15, -0.1) is 11.6 Å². The second-order valence-corrected chi connectivity index (χ2v) is 10.7. The maximum atomic E-state index is 11.6. The number of rotatable bonds is 6. The van der Waals surface area contributed by atoms with Gasteiger partial charge < -0.3 is 5.11 Å². The minimum absolute atomic E-state index is 0.0811. The van der Waals surface area contributed by atoms with Gasteiger partial charge in [0, 0.05) is 34.1 Å². The summed E-state index contributed by atoms with van der Waals surface area (Å²) in [6.07, 6.45) is 0. The number of halogens is 1. The number of benzene rings is 2. The summed E-state index contributed by atoms with van der Waals surface area (Å²) in [5.41, 5.74) is 1.60. The molecule has 0 bridgehead atoms. The lowest BCUT2D eigenvalue weighted by Gasteiger charge is -2.11. The fraction of sp³-hybridized carbons (Fsp3) is 0.333. The fourth-order valence-corrected chi connectivity index (χ4v) is 3.92. The van der Waals surface area contributed by atoms with Crippen molar-refractivity contribution in [3.8, 4) is 0 Å². The number of aliphatic hydroxyl groups excluding tert-OH is 1. The van der Waals surface area contributed by atoms with Crippen LogP contribution in [0.2, 0.25) is 0 Å². The molecule has 0 spiro atoms. The molecule has 28 heavy (non-hydrogen) atoms. The lowest BCUT2D eigenvalue weighted by atomic mass is 10.2. The van der Waals surface area contributed by atoms with Crippen LogP contribution in [0.25, 0.3) is 0 Å². The Morgan fingerprint density at radius 1 is 0.714 bits per heavy atom. The van der Waals surface area contributed by atoms with E-state index >= 15 is 0 Å². The molecule has 0 saturated carbocycles. The van der Waals surface area contributed by atoms with E-state index in [2.05, 4.69) is 0 Å². The molecule has 0 saturated heterocycles. The van der Waals surface area contributed by atoms with Crippen LogP contribution in [0.5, 0.6) is 0 Å². The summed E-state index contributed by atoms with van der Waals surface area (Å²) in [6.45, 7) is -0.0811. The van der Waals surface area contributed by atoms with Crippen LogP contribution >= 0.6 is 11.6 Å². The van der Waals surface area contributed by atoms with Crippen molar-refractivity contribution in [2.45, 2.75) is 22.3 Å². The van der Waals surface area contributed by atoms with Crippen LogP contribution in [0, 0.1) is 0 Å². The van der Waals surface area contributed by atoms with Crippen LogP contribution in [-0.2, 0) is 32.5 Å². The highest BCUT2D eigenvalue weighted by Gasteiger charge is 2.17. The van der Waals surface area contributed by atoms with E-state index in [1.165, 1.54) is 44.6 Å². The topological polar surface area (TPSA) is 95.0 Å². The molecule has 0 aliphatic heterocycles. The van der Waals surface area contributed by atoms with Gasteiger partial charge in [0.25, 0.3) is 0 Å². The fourth-order valence-electron chi connectivity index (χ4n) is 1.94. The minimum atomic E-state index is -3.35. The van der Waals surface area contributed by atoms with Crippen LogP contribution in [0.3, 0.4) is 0 Å². The molecule has 7 nitrogen and oxygen atoms in total. The summed E-state index contributed by atoms with van der Waals surface area (Å²) in [7, 11) is -0.689. The summed E-state index contributed by atoms with van der Waals surface area (Å²) >= 11 is 5.60. The predicted octanol–water partition coefficient (Wildman–Crippen LogP) is 2.10. The van der Waals surface area contributed by atoms with E-state index in [0.717, 1.165) is 9.87 Å². The third-order valence-corrected chi connectivity index (χ3v) is 7.71. The van der Waals surface area contributed by atoms with Gasteiger partial charge in [0.2, 0.25) is 20.0 Å². The van der Waals surface area contributed by atoms with Crippen LogP contribution < -0.4 is 0 Å². The molecule has 0 amide bonds. The van der Waals surface area contributed by atoms with Crippen molar-refractivity contribution in [3.05, 3.63) is 59.7 Å². The average molecular weight is 449 g/mol. The van der Waals surface area contributed by atoms with Crippen molar-refractivity contribution in [2.24, 2.45) is 0 Å². The van der Waals surface area contributed by atoms with Gasteiger partial charge in [0.1, 0.15) is 0 Å². The van der Waals surface area contributed by atoms with Gasteiger partial charge in [0.05, 0.1) is 16.4 Å². The molecule has 0 aliphatic carbocycles. The zero-order valence-electron chi connectivity index (χ0n) is 16.2. The molecule has 0 atom stereocenters. The Labute approximate surface area is 172 Å². The van der Waals surface area contributed by atoms with Gasteiger partial charge >= 0.3 is 0 Å². The maximum Gasteiger partial charge on any atom is 0.242 e. The molecule has 0 aliphatic rings. The van der Waals surface area contributed by atoms with Crippen LogP contribution in [0.15, 0.2) is 58.3 Å². The molecule has 156 valence electrons. The zero-order valence-corrected chi connectivity index (χ0v) is 18.6. The first kappa shape index (κ1) is 24.5. The molecule has 10 heteroatoms. The van der Waals surface area contributed by atoms with E-state index in [9.17, 15) is 16.8 Å². The van der Waals surface area contributed by atoms with Gasteiger partial charge in [0.15, 0.2) is 0 Å². The lowest BCUT2D eigenvalue weighted by Crippen LogP contribution is -2.22. The Balaban J connectivity index is 0.000000280. The first-order valence-corrected chi connectivity index (χ1v) is 11.6. The van der Waals surface area contributed by atoms with Crippen molar-refractivity contribution in [3.63, 3.8) is 0 Å². The standard InChI is InChI=1S/C9H12ClNO2S.C9H13NO3S/c1-11(2)14(12,13)9-5-3-8(7-10)4-6-9;1-10(2)14(12,13)9-5-3-8(7-11)4-6-9/h3-6H,7H2,1-2H3;3-6,11H,7H2,1-2H3. The van der Waals surface area contributed by atoms with Gasteiger partial charge in [-0.3, -0.25) is 0 Å². The number of alkyl halides is 1. The second-order valence-electron chi connectivity index (χ2n) is 6.15. The molecular formula is C18H25ClN2O5S2. The van der Waals surface area contributed by atoms with E-state index < -0.39 is 20.0 Å². The summed E-state index contributed by atoms with van der Waals surface area (Å²) in [5.74, 6) is 0.391. The highest BCUT2D eigenvalue weighted by atomic mass is 35.5. The molecule has 0 unspecified atom stereocenters. The molecule has 2 rings (SSSR count). The monoisotopic (exact) mass is 448 g/mol. The highest BCUT2D eigenvalue weighted by Crippen LogP contribution is 2.15. The third kappa shape index (κ3) is 6.26. The minimum Gasteiger partial charge on any atom is -0.392 e. The number of sulfonamides is 2. The van der Waals surface area contributed by atoms with Gasteiger partial charge in [-0.1, -0.05) is 24.3 Å². The average Bonchev–Trinajstić information content (AvgIpc) is 2.68. The molecule has 0 fully saturated rings. The SMILES string of the molecule is CN(C)S(=O)(=O)c1ccc(CCl)cc1.CN(C)S(=O)(=O)c1ccc(CO)cc1. The molecule has 2 aromatic rings. The number of hydrogen-bond donors (Lipinski definition) is 1. The van der Waals surface area contributed by atoms with E-state index in [1.54, 1.807) is 36.4 Å². The van der Waals surface area contributed by atoms with Gasteiger partial charge in [-0.25, -0.2) is 25.4 Å². The van der Waals surface area contributed by atoms with Crippen molar-refractivity contribution >= 4 is 31.6 Å². The van der Waals surface area contributed by atoms with E-state index in [-0.39, 0.29) is 16.4 Å². The van der Waals surface area contributed by atoms with E-state index in [4.69, 9.17) is 16.7 Å². The summed E-state index contributed by atoms with van der Waals surface area (Å²) in [6, 6.07) is 12.7. The normalized spacial score (nSPS) is 12.0. The Kier molecular flexibility index (Phi) is 9.06. The van der Waals surface area contributed by atoms with Crippen LogP contribution in [0.4, 0.5) is 0 Å². The summed E-state index contributed by atoms with van der Waals surface area (Å²) < 4.78 is 48.8. The molecule has 0 heterocycles. The van der Waals surface area contributed by atoms with Crippen LogP contribution in [0.1, 0.15) is 11.1 Å².